The number of hydrogen-bond donors (Lipinski definition) is 2. The molecule has 2 N–H and O–H groups in total. The van der Waals surface area contributed by atoms with E-state index in [1.54, 1.807) is 18.1 Å². The fourth-order valence-corrected chi connectivity index (χ4v) is 2.74. The highest BCUT2D eigenvalue weighted by Gasteiger charge is 2.24. The predicted molar refractivity (Wildman–Crippen MR) is 117 cm³/mol. The number of nitrogens with one attached hydrogen (secondary N) is 2. The van der Waals surface area contributed by atoms with E-state index in [1.807, 2.05) is 42.5 Å². The minimum absolute atomic E-state index is 0. The summed E-state index contributed by atoms with van der Waals surface area (Å²) in [4.78, 5) is 22.4. The number of guanidine groups is 1. The summed E-state index contributed by atoms with van der Waals surface area (Å²) in [6, 6.07) is 13.4. The molecule has 0 saturated heterocycles. The summed E-state index contributed by atoms with van der Waals surface area (Å²) in [7, 11) is 1.73. The third-order valence-electron chi connectivity index (χ3n) is 4.05. The van der Waals surface area contributed by atoms with Crippen molar-refractivity contribution >= 4 is 41.5 Å². The van der Waals surface area contributed by atoms with Gasteiger partial charge >= 0.3 is 0 Å². The summed E-state index contributed by atoms with van der Waals surface area (Å²) < 4.78 is 5.46. The molecule has 0 bridgehead atoms. The highest BCUT2D eigenvalue weighted by atomic mass is 127. The second-order valence-corrected chi connectivity index (χ2v) is 5.83. The summed E-state index contributed by atoms with van der Waals surface area (Å²) in [5.74, 6) is 1.46. The van der Waals surface area contributed by atoms with Gasteiger partial charge in [-0.3, -0.25) is 14.8 Å². The largest absolute Gasteiger partial charge is 0.482 e. The van der Waals surface area contributed by atoms with Crippen LogP contribution in [0, 0.1) is 0 Å². The molecule has 0 aliphatic carbocycles. The third-order valence-corrected chi connectivity index (χ3v) is 4.05. The van der Waals surface area contributed by atoms with Gasteiger partial charge in [0, 0.05) is 26.3 Å². The number of ether oxygens (including phenoxy) is 1. The van der Waals surface area contributed by atoms with Crippen LogP contribution in [0.4, 0.5) is 5.69 Å². The van der Waals surface area contributed by atoms with Crippen molar-refractivity contribution in [2.75, 3.05) is 31.6 Å². The molecule has 3 rings (SSSR count). The molecule has 0 fully saturated rings. The molecule has 1 aromatic carbocycles. The summed E-state index contributed by atoms with van der Waals surface area (Å²) >= 11 is 0. The maximum absolute atomic E-state index is 12.1. The Morgan fingerprint density at radius 1 is 1.22 bits per heavy atom. The fraction of sp³-hybridized carbons (Fsp3) is 0.316. The van der Waals surface area contributed by atoms with Crippen molar-refractivity contribution in [1.82, 2.24) is 15.6 Å². The van der Waals surface area contributed by atoms with Gasteiger partial charge in [-0.15, -0.1) is 24.0 Å². The van der Waals surface area contributed by atoms with Crippen molar-refractivity contribution in [1.29, 1.82) is 0 Å². The standard InChI is InChI=1S/C19H23N5O2.HI/c1-20-19(23-13-15-7-4-5-10-21-15)22-11-6-12-24-16-8-2-3-9-17(16)26-14-18(24)25;/h2-5,7-10H,6,11-14H2,1H3,(H2,20,22,23);1H. The van der Waals surface area contributed by atoms with Gasteiger partial charge in [-0.05, 0) is 30.7 Å². The topological polar surface area (TPSA) is 78.9 Å². The molecule has 2 aromatic rings. The van der Waals surface area contributed by atoms with E-state index in [4.69, 9.17) is 4.74 Å². The maximum atomic E-state index is 12.1. The van der Waals surface area contributed by atoms with E-state index in [1.165, 1.54) is 0 Å². The van der Waals surface area contributed by atoms with Crippen LogP contribution in [-0.2, 0) is 11.3 Å². The van der Waals surface area contributed by atoms with E-state index in [9.17, 15) is 4.79 Å². The highest BCUT2D eigenvalue weighted by molar-refractivity contribution is 14.0. The Morgan fingerprint density at radius 3 is 2.81 bits per heavy atom. The first-order valence-corrected chi connectivity index (χ1v) is 8.64. The predicted octanol–water partition coefficient (Wildman–Crippen LogP) is 2.18. The van der Waals surface area contributed by atoms with Crippen LogP contribution in [0.2, 0.25) is 0 Å². The monoisotopic (exact) mass is 481 g/mol. The molecule has 0 saturated carbocycles. The molecule has 0 spiro atoms. The number of benzene rings is 1. The van der Waals surface area contributed by atoms with Crippen LogP contribution in [0.15, 0.2) is 53.7 Å². The van der Waals surface area contributed by atoms with Crippen molar-refractivity contribution < 1.29 is 9.53 Å². The number of aromatic nitrogens is 1. The number of fused-ring (bicyclic) bond motifs is 1. The highest BCUT2D eigenvalue weighted by Crippen LogP contribution is 2.31. The third kappa shape index (κ3) is 5.81. The van der Waals surface area contributed by atoms with Crippen LogP contribution in [0.3, 0.4) is 0 Å². The Balaban J connectivity index is 0.00000261. The van der Waals surface area contributed by atoms with Crippen LogP contribution < -0.4 is 20.3 Å². The maximum Gasteiger partial charge on any atom is 0.265 e. The summed E-state index contributed by atoms with van der Waals surface area (Å²) in [5.41, 5.74) is 1.78. The lowest BCUT2D eigenvalue weighted by atomic mass is 10.2. The van der Waals surface area contributed by atoms with Crippen LogP contribution in [0.25, 0.3) is 0 Å². The number of carbonyl (C=O) groups is 1. The molecular formula is C19H24IN5O2. The Kier molecular flexibility index (Phi) is 8.31. The van der Waals surface area contributed by atoms with Crippen molar-refractivity contribution in [2.45, 2.75) is 13.0 Å². The normalized spacial score (nSPS) is 13.3. The molecule has 1 aliphatic rings. The van der Waals surface area contributed by atoms with Gasteiger partial charge < -0.3 is 20.3 Å². The van der Waals surface area contributed by atoms with Crippen molar-refractivity contribution in [3.8, 4) is 5.75 Å². The van der Waals surface area contributed by atoms with E-state index in [0.29, 0.717) is 25.6 Å². The minimum Gasteiger partial charge on any atom is -0.482 e. The summed E-state index contributed by atoms with van der Waals surface area (Å²) in [5, 5.41) is 6.48. The number of rotatable bonds is 6. The van der Waals surface area contributed by atoms with E-state index in [-0.39, 0.29) is 36.5 Å². The smallest absolute Gasteiger partial charge is 0.265 e. The number of carbonyl (C=O) groups excluding carboxylic acids is 1. The molecular weight excluding hydrogens is 457 g/mol. The molecule has 2 heterocycles. The molecule has 0 unspecified atom stereocenters. The van der Waals surface area contributed by atoms with E-state index < -0.39 is 0 Å². The number of hydrogen-bond acceptors (Lipinski definition) is 4. The Bertz CT molecular complexity index is 770. The van der Waals surface area contributed by atoms with E-state index in [2.05, 4.69) is 20.6 Å². The quantitative estimate of drug-likeness (QED) is 0.286. The van der Waals surface area contributed by atoms with Gasteiger partial charge in [0.25, 0.3) is 5.91 Å². The Morgan fingerprint density at radius 2 is 2.04 bits per heavy atom. The van der Waals surface area contributed by atoms with Gasteiger partial charge in [-0.2, -0.15) is 0 Å². The molecule has 0 radical (unpaired) electrons. The summed E-state index contributed by atoms with van der Waals surface area (Å²) in [6.45, 7) is 2.03. The van der Waals surface area contributed by atoms with Gasteiger partial charge in [-0.25, -0.2) is 0 Å². The first-order valence-electron chi connectivity index (χ1n) is 8.64. The van der Waals surface area contributed by atoms with Crippen molar-refractivity contribution in [2.24, 2.45) is 4.99 Å². The molecule has 0 atom stereocenters. The number of anilines is 1. The average molecular weight is 481 g/mol. The molecule has 144 valence electrons. The molecule has 1 aromatic heterocycles. The van der Waals surface area contributed by atoms with Crippen LogP contribution >= 0.6 is 24.0 Å². The lowest BCUT2D eigenvalue weighted by Gasteiger charge is -2.29. The zero-order valence-electron chi connectivity index (χ0n) is 15.2. The Labute approximate surface area is 176 Å². The van der Waals surface area contributed by atoms with Gasteiger partial charge in [0.1, 0.15) is 5.75 Å². The van der Waals surface area contributed by atoms with Crippen molar-refractivity contribution in [3.63, 3.8) is 0 Å². The molecule has 1 amide bonds. The fourth-order valence-electron chi connectivity index (χ4n) is 2.74. The minimum atomic E-state index is -0.0126. The lowest BCUT2D eigenvalue weighted by Crippen LogP contribution is -2.42. The number of nitrogens with zero attached hydrogens (tertiary/aromatic N) is 3. The van der Waals surface area contributed by atoms with Crippen LogP contribution in [0.5, 0.6) is 5.75 Å². The Hall–Kier alpha value is -2.36. The number of amides is 1. The average Bonchev–Trinajstić information content (AvgIpc) is 2.69. The SMILES string of the molecule is CN=C(NCCCN1C(=O)COc2ccccc21)NCc1ccccn1.I. The number of pyridine rings is 1. The zero-order chi connectivity index (χ0) is 18.2. The van der Waals surface area contributed by atoms with Crippen LogP contribution in [-0.4, -0.2) is 43.6 Å². The number of aliphatic imine (C=N–C) groups is 1. The zero-order valence-corrected chi connectivity index (χ0v) is 17.6. The number of halogens is 1. The number of para-hydroxylation sites is 2. The first kappa shape index (κ1) is 20.9. The van der Waals surface area contributed by atoms with Crippen molar-refractivity contribution in [3.05, 3.63) is 54.4 Å². The van der Waals surface area contributed by atoms with Gasteiger partial charge in [0.2, 0.25) is 0 Å². The van der Waals surface area contributed by atoms with Gasteiger partial charge in [-0.1, -0.05) is 18.2 Å². The lowest BCUT2D eigenvalue weighted by molar-refractivity contribution is -0.121. The van der Waals surface area contributed by atoms with E-state index >= 15 is 0 Å². The molecule has 7 nitrogen and oxygen atoms in total. The molecule has 27 heavy (non-hydrogen) atoms. The summed E-state index contributed by atoms with van der Waals surface area (Å²) in [6.07, 6.45) is 2.56. The molecule has 1 aliphatic heterocycles. The molecule has 8 heteroatoms. The van der Waals surface area contributed by atoms with E-state index in [0.717, 1.165) is 23.6 Å². The van der Waals surface area contributed by atoms with Crippen LogP contribution in [0.1, 0.15) is 12.1 Å². The second-order valence-electron chi connectivity index (χ2n) is 5.83. The van der Waals surface area contributed by atoms with Gasteiger partial charge in [0.15, 0.2) is 12.6 Å². The van der Waals surface area contributed by atoms with Gasteiger partial charge in [0.05, 0.1) is 17.9 Å². The first-order chi connectivity index (χ1) is 12.8. The second kappa shape index (κ2) is 10.7.